The van der Waals surface area contributed by atoms with Gasteiger partial charge in [0.2, 0.25) is 0 Å². The van der Waals surface area contributed by atoms with Crippen molar-refractivity contribution in [3.05, 3.63) is 51.7 Å². The standard InChI is InChI=1S/C14H15ClN2O3/c1-3-16-6-7-17(14(16)19)9-12(18)10-4-5-13(20-2)11(15)8-10/h4-8H,3,9H2,1-2H3. The molecule has 0 fully saturated rings. The highest BCUT2D eigenvalue weighted by atomic mass is 35.5. The van der Waals surface area contributed by atoms with E-state index in [0.29, 0.717) is 22.9 Å². The van der Waals surface area contributed by atoms with Crippen molar-refractivity contribution >= 4 is 17.4 Å². The summed E-state index contributed by atoms with van der Waals surface area (Å²) in [6.07, 6.45) is 3.27. The van der Waals surface area contributed by atoms with E-state index in [0.717, 1.165) is 0 Å². The molecule has 6 heteroatoms. The van der Waals surface area contributed by atoms with Crippen molar-refractivity contribution in [1.29, 1.82) is 0 Å². The smallest absolute Gasteiger partial charge is 0.328 e. The summed E-state index contributed by atoms with van der Waals surface area (Å²) in [5.74, 6) is 0.336. The van der Waals surface area contributed by atoms with Crippen LogP contribution in [0.5, 0.6) is 5.75 Å². The first kappa shape index (κ1) is 14.4. The zero-order valence-electron chi connectivity index (χ0n) is 11.3. The molecular formula is C14H15ClN2O3. The van der Waals surface area contributed by atoms with Gasteiger partial charge in [-0.25, -0.2) is 4.79 Å². The highest BCUT2D eigenvalue weighted by Crippen LogP contribution is 2.25. The summed E-state index contributed by atoms with van der Waals surface area (Å²) >= 11 is 5.98. The molecule has 20 heavy (non-hydrogen) atoms. The van der Waals surface area contributed by atoms with E-state index in [4.69, 9.17) is 16.3 Å². The Bertz CT molecular complexity index is 688. The second-order valence-corrected chi connectivity index (χ2v) is 4.67. The van der Waals surface area contributed by atoms with Crippen LogP contribution in [0.3, 0.4) is 0 Å². The number of hydrogen-bond acceptors (Lipinski definition) is 3. The minimum atomic E-state index is -0.194. The van der Waals surface area contributed by atoms with Crippen LogP contribution < -0.4 is 10.4 Å². The number of ether oxygens (including phenoxy) is 1. The molecule has 1 heterocycles. The van der Waals surface area contributed by atoms with Gasteiger partial charge in [-0.2, -0.15) is 0 Å². The zero-order chi connectivity index (χ0) is 14.7. The lowest BCUT2D eigenvalue weighted by Gasteiger charge is -2.06. The van der Waals surface area contributed by atoms with Crippen LogP contribution in [0.2, 0.25) is 5.02 Å². The maximum Gasteiger partial charge on any atom is 0.328 e. The van der Waals surface area contributed by atoms with Crippen molar-refractivity contribution in [2.24, 2.45) is 0 Å². The van der Waals surface area contributed by atoms with Crippen LogP contribution in [-0.2, 0) is 13.1 Å². The molecule has 2 rings (SSSR count). The molecule has 0 spiro atoms. The van der Waals surface area contributed by atoms with Gasteiger partial charge in [-0.1, -0.05) is 11.6 Å². The number of Topliss-reactive ketones (excluding diaryl/α,β-unsaturated/α-hetero) is 1. The molecule has 1 aromatic carbocycles. The molecular weight excluding hydrogens is 280 g/mol. The maximum atomic E-state index is 12.1. The molecule has 1 aromatic heterocycles. The minimum absolute atomic E-state index is 0.00547. The Labute approximate surface area is 121 Å². The molecule has 0 atom stereocenters. The number of hydrogen-bond donors (Lipinski definition) is 0. The first-order chi connectivity index (χ1) is 9.56. The highest BCUT2D eigenvalue weighted by molar-refractivity contribution is 6.32. The number of aryl methyl sites for hydroxylation is 1. The quantitative estimate of drug-likeness (QED) is 0.795. The number of carbonyl (C=O) groups excluding carboxylic acids is 1. The third-order valence-electron chi connectivity index (χ3n) is 3.05. The summed E-state index contributed by atoms with van der Waals surface area (Å²) in [6.45, 7) is 2.44. The average Bonchev–Trinajstić information content (AvgIpc) is 2.79. The summed E-state index contributed by atoms with van der Waals surface area (Å²) in [5, 5.41) is 0.372. The maximum absolute atomic E-state index is 12.1. The lowest BCUT2D eigenvalue weighted by molar-refractivity contribution is 0.0970. The average molecular weight is 295 g/mol. The van der Waals surface area contributed by atoms with Gasteiger partial charge in [-0.15, -0.1) is 0 Å². The number of nitrogens with zero attached hydrogens (tertiary/aromatic N) is 2. The molecule has 0 saturated carbocycles. The van der Waals surface area contributed by atoms with E-state index in [2.05, 4.69) is 0 Å². The lowest BCUT2D eigenvalue weighted by atomic mass is 10.1. The fraction of sp³-hybridized carbons (Fsp3) is 0.286. The van der Waals surface area contributed by atoms with E-state index >= 15 is 0 Å². The predicted octanol–water partition coefficient (Wildman–Crippen LogP) is 2.21. The number of benzene rings is 1. The third kappa shape index (κ3) is 2.77. The van der Waals surface area contributed by atoms with Gasteiger partial charge >= 0.3 is 5.69 Å². The lowest BCUT2D eigenvalue weighted by Crippen LogP contribution is -2.26. The Morgan fingerprint density at radius 1 is 1.30 bits per heavy atom. The van der Waals surface area contributed by atoms with E-state index in [-0.39, 0.29) is 18.0 Å². The minimum Gasteiger partial charge on any atom is -0.495 e. The van der Waals surface area contributed by atoms with Crippen molar-refractivity contribution in [3.63, 3.8) is 0 Å². The molecule has 0 saturated heterocycles. The summed E-state index contributed by atoms with van der Waals surface area (Å²) in [6, 6.07) is 4.81. The summed E-state index contributed by atoms with van der Waals surface area (Å²) in [7, 11) is 1.51. The number of methoxy groups -OCH3 is 1. The van der Waals surface area contributed by atoms with Crippen LogP contribution in [0, 0.1) is 0 Å². The molecule has 0 aliphatic heterocycles. The molecule has 0 N–H and O–H groups in total. The number of halogens is 1. The Morgan fingerprint density at radius 3 is 2.55 bits per heavy atom. The van der Waals surface area contributed by atoms with Crippen LogP contribution in [0.15, 0.2) is 35.4 Å². The monoisotopic (exact) mass is 294 g/mol. The molecule has 5 nitrogen and oxygen atoms in total. The fourth-order valence-electron chi connectivity index (χ4n) is 1.90. The number of aromatic nitrogens is 2. The zero-order valence-corrected chi connectivity index (χ0v) is 12.1. The van der Waals surface area contributed by atoms with Gasteiger partial charge in [-0.3, -0.25) is 13.9 Å². The van der Waals surface area contributed by atoms with Gasteiger partial charge in [0.25, 0.3) is 0 Å². The summed E-state index contributed by atoms with van der Waals surface area (Å²) in [4.78, 5) is 24.0. The van der Waals surface area contributed by atoms with Gasteiger partial charge in [-0.05, 0) is 25.1 Å². The Kier molecular flexibility index (Phi) is 4.29. The Morgan fingerprint density at radius 2 is 2.00 bits per heavy atom. The Hall–Kier alpha value is -2.01. The van der Waals surface area contributed by atoms with Crippen LogP contribution in [-0.4, -0.2) is 22.0 Å². The van der Waals surface area contributed by atoms with Crippen LogP contribution in [0.1, 0.15) is 17.3 Å². The second-order valence-electron chi connectivity index (χ2n) is 4.27. The molecule has 0 aliphatic rings. The number of carbonyl (C=O) groups is 1. The van der Waals surface area contributed by atoms with E-state index in [9.17, 15) is 9.59 Å². The van der Waals surface area contributed by atoms with Gasteiger partial charge in [0.15, 0.2) is 5.78 Å². The largest absolute Gasteiger partial charge is 0.495 e. The fourth-order valence-corrected chi connectivity index (χ4v) is 2.16. The third-order valence-corrected chi connectivity index (χ3v) is 3.34. The predicted molar refractivity (Wildman–Crippen MR) is 76.7 cm³/mol. The normalized spacial score (nSPS) is 10.6. The number of rotatable bonds is 5. The van der Waals surface area contributed by atoms with Gasteiger partial charge in [0.1, 0.15) is 5.75 Å². The molecule has 0 radical (unpaired) electrons. The highest BCUT2D eigenvalue weighted by Gasteiger charge is 2.12. The van der Waals surface area contributed by atoms with Crippen molar-refractivity contribution in [2.75, 3.05) is 7.11 Å². The van der Waals surface area contributed by atoms with Crippen molar-refractivity contribution < 1.29 is 9.53 Å². The summed E-state index contributed by atoms with van der Waals surface area (Å²) in [5.41, 5.74) is 0.257. The van der Waals surface area contributed by atoms with Gasteiger partial charge in [0.05, 0.1) is 18.7 Å². The molecule has 106 valence electrons. The molecule has 2 aromatic rings. The topological polar surface area (TPSA) is 53.2 Å². The van der Waals surface area contributed by atoms with Crippen LogP contribution >= 0.6 is 11.6 Å². The molecule has 0 aliphatic carbocycles. The van der Waals surface area contributed by atoms with Crippen molar-refractivity contribution in [2.45, 2.75) is 20.0 Å². The van der Waals surface area contributed by atoms with Gasteiger partial charge < -0.3 is 4.74 Å². The van der Waals surface area contributed by atoms with Crippen LogP contribution in [0.4, 0.5) is 0 Å². The van der Waals surface area contributed by atoms with E-state index in [1.807, 2.05) is 6.92 Å². The first-order valence-corrected chi connectivity index (χ1v) is 6.57. The van der Waals surface area contributed by atoms with Crippen molar-refractivity contribution in [1.82, 2.24) is 9.13 Å². The SMILES string of the molecule is CCn1ccn(CC(=O)c2ccc(OC)c(Cl)c2)c1=O. The number of imidazole rings is 1. The Balaban J connectivity index is 2.21. The molecule has 0 unspecified atom stereocenters. The van der Waals surface area contributed by atoms with Gasteiger partial charge in [0, 0.05) is 24.5 Å². The number of ketones is 1. The van der Waals surface area contributed by atoms with E-state index in [1.54, 1.807) is 30.6 Å². The molecule has 0 bridgehead atoms. The molecule has 0 amide bonds. The van der Waals surface area contributed by atoms with E-state index < -0.39 is 0 Å². The first-order valence-electron chi connectivity index (χ1n) is 6.19. The van der Waals surface area contributed by atoms with E-state index in [1.165, 1.54) is 16.2 Å². The van der Waals surface area contributed by atoms with Crippen molar-refractivity contribution in [3.8, 4) is 5.75 Å². The van der Waals surface area contributed by atoms with Crippen LogP contribution in [0.25, 0.3) is 0 Å². The second kappa shape index (κ2) is 5.96. The summed E-state index contributed by atoms with van der Waals surface area (Å²) < 4.78 is 7.95.